The number of carboxylic acids is 2. The fraction of sp³-hybridized carbons (Fsp3) is 0.258. The van der Waals surface area contributed by atoms with Gasteiger partial charge in [0.05, 0.1) is 13.7 Å². The largest absolute Gasteiger partial charge is 0.497 e. The Morgan fingerprint density at radius 2 is 1.71 bits per heavy atom. The summed E-state index contributed by atoms with van der Waals surface area (Å²) in [4.78, 5) is 50.7. The Hall–Kier alpha value is -4.98. The number of carbonyl (C=O) groups excluding carboxylic acids is 2. The standard InChI is InChI=1S/C31H28F3N3O7S/c1-18(19-6-4-3-5-7-19)17-36-27(28(42)35-16-25(40)41)26(20-8-10-21(44-2)11-9-20)37(30(43)31(32,33)34)29(36)23-14-12-22(45-23)13-15-24(38)39/h3-15,18,26-27H,16-17H2,1-2H3,(H2-,35,38,39,40,41,42)/p+1/b15-13+. The first-order chi connectivity index (χ1) is 21.3. The quantitative estimate of drug-likeness (QED) is 0.211. The van der Waals surface area contributed by atoms with Crippen molar-refractivity contribution in [3.05, 3.63) is 93.7 Å². The second kappa shape index (κ2) is 13.8. The lowest BCUT2D eigenvalue weighted by molar-refractivity contribution is -0.549. The molecule has 4 rings (SSSR count). The molecule has 10 nitrogen and oxygen atoms in total. The molecule has 0 radical (unpaired) electrons. The van der Waals surface area contributed by atoms with Gasteiger partial charge in [0, 0.05) is 22.4 Å². The van der Waals surface area contributed by atoms with Gasteiger partial charge in [-0.2, -0.15) is 18.1 Å². The fourth-order valence-corrected chi connectivity index (χ4v) is 6.08. The summed E-state index contributed by atoms with van der Waals surface area (Å²) in [6, 6.07) is 14.7. The van der Waals surface area contributed by atoms with Crippen molar-refractivity contribution in [2.24, 2.45) is 0 Å². The normalized spacial score (nSPS) is 17.4. The molecule has 0 bridgehead atoms. The summed E-state index contributed by atoms with van der Waals surface area (Å²) < 4.78 is 49.6. The predicted molar refractivity (Wildman–Crippen MR) is 158 cm³/mol. The minimum absolute atomic E-state index is 0.0446. The van der Waals surface area contributed by atoms with E-state index in [0.29, 0.717) is 15.5 Å². The third-order valence-corrected chi connectivity index (χ3v) is 8.14. The Kier molecular flexibility index (Phi) is 10.1. The van der Waals surface area contributed by atoms with Crippen LogP contribution in [0.15, 0.2) is 72.8 Å². The molecular weight excluding hydrogens is 615 g/mol. The molecule has 1 aromatic heterocycles. The maximum absolute atomic E-state index is 14.4. The van der Waals surface area contributed by atoms with Crippen LogP contribution >= 0.6 is 11.3 Å². The molecule has 2 aromatic carbocycles. The van der Waals surface area contributed by atoms with Crippen LogP contribution in [0.4, 0.5) is 13.2 Å². The van der Waals surface area contributed by atoms with Gasteiger partial charge in [-0.25, -0.2) is 14.2 Å². The highest BCUT2D eigenvalue weighted by Crippen LogP contribution is 2.40. The summed E-state index contributed by atoms with van der Waals surface area (Å²) in [5.41, 5.74) is 0.971. The molecule has 0 aliphatic carbocycles. The molecule has 1 aliphatic heterocycles. The van der Waals surface area contributed by atoms with Gasteiger partial charge in [0.25, 0.3) is 11.7 Å². The van der Waals surface area contributed by atoms with Gasteiger partial charge in [-0.1, -0.05) is 49.4 Å². The number of nitrogens with zero attached hydrogens (tertiary/aromatic N) is 2. The third-order valence-electron chi connectivity index (χ3n) is 7.09. The first kappa shape index (κ1) is 32.9. The number of nitrogens with one attached hydrogen (secondary N) is 1. The third kappa shape index (κ3) is 7.58. The number of aliphatic carboxylic acids is 2. The zero-order valence-corrected chi connectivity index (χ0v) is 24.8. The number of alkyl halides is 3. The monoisotopic (exact) mass is 644 g/mol. The molecule has 0 saturated carbocycles. The Labute approximate surface area is 259 Å². The van der Waals surface area contributed by atoms with Crippen LogP contribution in [0.2, 0.25) is 0 Å². The Morgan fingerprint density at radius 1 is 1.04 bits per heavy atom. The zero-order valence-electron chi connectivity index (χ0n) is 24.0. The number of halogens is 3. The minimum Gasteiger partial charge on any atom is -0.497 e. The van der Waals surface area contributed by atoms with Crippen molar-refractivity contribution in [3.63, 3.8) is 0 Å². The van der Waals surface area contributed by atoms with Crippen molar-refractivity contribution in [2.75, 3.05) is 20.2 Å². The van der Waals surface area contributed by atoms with E-state index in [0.717, 1.165) is 23.0 Å². The number of carbonyl (C=O) groups is 4. The van der Waals surface area contributed by atoms with Crippen molar-refractivity contribution in [2.45, 2.75) is 31.1 Å². The van der Waals surface area contributed by atoms with Gasteiger partial charge in [-0.15, -0.1) is 11.3 Å². The van der Waals surface area contributed by atoms with Crippen LogP contribution in [0.1, 0.15) is 39.8 Å². The van der Waals surface area contributed by atoms with Crippen LogP contribution in [-0.2, 0) is 19.2 Å². The van der Waals surface area contributed by atoms with Crippen molar-refractivity contribution < 1.29 is 51.9 Å². The number of methoxy groups -OCH3 is 1. The van der Waals surface area contributed by atoms with Crippen molar-refractivity contribution >= 4 is 47.0 Å². The summed E-state index contributed by atoms with van der Waals surface area (Å²) in [6.45, 7) is 0.959. The second-order valence-corrected chi connectivity index (χ2v) is 11.2. The van der Waals surface area contributed by atoms with E-state index in [-0.39, 0.29) is 28.7 Å². The predicted octanol–water partition coefficient (Wildman–Crippen LogP) is 4.13. The Bertz CT molecular complexity index is 1640. The average molecular weight is 645 g/mol. The van der Waals surface area contributed by atoms with E-state index >= 15 is 0 Å². The van der Waals surface area contributed by atoms with E-state index in [1.165, 1.54) is 54.2 Å². The summed E-state index contributed by atoms with van der Waals surface area (Å²) in [7, 11) is 1.40. The molecule has 2 amide bonds. The Balaban J connectivity index is 2.01. The molecule has 1 aliphatic rings. The minimum atomic E-state index is -5.36. The van der Waals surface area contributed by atoms with E-state index in [1.54, 1.807) is 18.2 Å². The lowest BCUT2D eigenvalue weighted by Crippen LogP contribution is -2.49. The molecule has 0 spiro atoms. The van der Waals surface area contributed by atoms with Gasteiger partial charge in [-0.3, -0.25) is 9.59 Å². The molecule has 3 atom stereocenters. The molecule has 2 heterocycles. The van der Waals surface area contributed by atoms with Crippen LogP contribution in [0.25, 0.3) is 6.08 Å². The van der Waals surface area contributed by atoms with Crippen LogP contribution in [0.3, 0.4) is 0 Å². The number of ether oxygens (including phenoxy) is 1. The number of hydrogen-bond acceptors (Lipinski definition) is 6. The van der Waals surface area contributed by atoms with Crippen LogP contribution < -0.4 is 10.1 Å². The molecule has 45 heavy (non-hydrogen) atoms. The van der Waals surface area contributed by atoms with Gasteiger partial charge in [0.2, 0.25) is 6.04 Å². The molecule has 0 fully saturated rings. The highest BCUT2D eigenvalue weighted by Gasteiger charge is 2.62. The lowest BCUT2D eigenvalue weighted by Gasteiger charge is -2.23. The molecule has 3 N–H and O–H groups in total. The van der Waals surface area contributed by atoms with Gasteiger partial charge in [0.15, 0.2) is 6.04 Å². The average Bonchev–Trinajstić information content (AvgIpc) is 3.60. The van der Waals surface area contributed by atoms with E-state index in [4.69, 9.17) is 9.84 Å². The number of hydrogen-bond donors (Lipinski definition) is 3. The first-order valence-corrected chi connectivity index (χ1v) is 14.4. The van der Waals surface area contributed by atoms with Gasteiger partial charge in [-0.05, 0) is 35.9 Å². The van der Waals surface area contributed by atoms with E-state index < -0.39 is 48.6 Å². The molecule has 0 saturated heterocycles. The van der Waals surface area contributed by atoms with Crippen LogP contribution in [0.5, 0.6) is 5.75 Å². The fourth-order valence-electron chi connectivity index (χ4n) is 5.12. The number of amides is 2. The summed E-state index contributed by atoms with van der Waals surface area (Å²) >= 11 is 0.930. The number of carboxylic acid groups (broad SMARTS) is 2. The summed E-state index contributed by atoms with van der Waals surface area (Å²) in [5.74, 6) is -5.97. The number of thiophene rings is 1. The smallest absolute Gasteiger partial charge is 0.495 e. The molecule has 3 unspecified atom stereocenters. The van der Waals surface area contributed by atoms with Crippen molar-refractivity contribution in [1.29, 1.82) is 0 Å². The number of amidine groups is 1. The number of rotatable bonds is 11. The maximum atomic E-state index is 14.4. The first-order valence-electron chi connectivity index (χ1n) is 13.6. The van der Waals surface area contributed by atoms with E-state index in [9.17, 15) is 37.5 Å². The molecule has 3 aromatic rings. The maximum Gasteiger partial charge on any atom is 0.495 e. The molecule has 236 valence electrons. The topological polar surface area (TPSA) is 136 Å². The second-order valence-electron chi connectivity index (χ2n) is 10.1. The van der Waals surface area contributed by atoms with Gasteiger partial charge >= 0.3 is 24.0 Å². The lowest BCUT2D eigenvalue weighted by atomic mass is 9.96. The Morgan fingerprint density at radius 3 is 2.29 bits per heavy atom. The number of benzene rings is 2. The van der Waals surface area contributed by atoms with E-state index in [1.807, 2.05) is 19.1 Å². The van der Waals surface area contributed by atoms with Crippen LogP contribution in [0, 0.1) is 0 Å². The zero-order chi connectivity index (χ0) is 32.9. The summed E-state index contributed by atoms with van der Waals surface area (Å²) in [5, 5.41) is 20.6. The summed E-state index contributed by atoms with van der Waals surface area (Å²) in [6.07, 6.45) is -3.23. The molecule has 14 heteroatoms. The van der Waals surface area contributed by atoms with Gasteiger partial charge in [0.1, 0.15) is 17.2 Å². The van der Waals surface area contributed by atoms with E-state index in [2.05, 4.69) is 5.32 Å². The van der Waals surface area contributed by atoms with Crippen LogP contribution in [-0.4, -0.2) is 81.7 Å². The molecular formula is C31H29F3N3O7S+. The highest BCUT2D eigenvalue weighted by molar-refractivity contribution is 7.14. The SMILES string of the molecule is COc1ccc(C2C(C(=O)NCC(=O)O)[N+](CC(C)c3ccccc3)=C(c3ccc(/C=C/C(=O)O)s3)N2C(=O)C(F)(F)F)cc1. The highest BCUT2D eigenvalue weighted by atomic mass is 32.1. The van der Waals surface area contributed by atoms with Crippen molar-refractivity contribution in [1.82, 2.24) is 10.2 Å². The van der Waals surface area contributed by atoms with Crippen molar-refractivity contribution in [3.8, 4) is 5.75 Å². The van der Waals surface area contributed by atoms with Gasteiger partial charge < -0.3 is 20.3 Å².